The van der Waals surface area contributed by atoms with Crippen LogP contribution >= 0.6 is 0 Å². The Morgan fingerprint density at radius 2 is 2.00 bits per heavy atom. The smallest absolute Gasteiger partial charge is 0.243 e. The predicted octanol–water partition coefficient (Wildman–Crippen LogP) is 2.26. The van der Waals surface area contributed by atoms with Gasteiger partial charge in [0, 0.05) is 19.6 Å². The Bertz CT molecular complexity index is 671. The molecule has 1 amide bonds. The van der Waals surface area contributed by atoms with Crippen molar-refractivity contribution in [2.75, 3.05) is 26.2 Å². The van der Waals surface area contributed by atoms with Crippen LogP contribution in [-0.2, 0) is 14.8 Å². The summed E-state index contributed by atoms with van der Waals surface area (Å²) >= 11 is 0. The molecule has 1 fully saturated rings. The van der Waals surface area contributed by atoms with Gasteiger partial charge >= 0.3 is 0 Å². The third kappa shape index (κ3) is 5.19. The minimum absolute atomic E-state index is 0.0553. The molecule has 0 bridgehead atoms. The zero-order valence-electron chi connectivity index (χ0n) is 15.2. The van der Waals surface area contributed by atoms with Gasteiger partial charge in [-0.25, -0.2) is 8.42 Å². The molecule has 25 heavy (non-hydrogen) atoms. The van der Waals surface area contributed by atoms with Crippen molar-refractivity contribution in [3.63, 3.8) is 0 Å². The van der Waals surface area contributed by atoms with Crippen LogP contribution in [0.3, 0.4) is 0 Å². The molecule has 140 valence electrons. The molecule has 0 unspecified atom stereocenters. The van der Waals surface area contributed by atoms with E-state index in [1.807, 2.05) is 20.8 Å². The summed E-state index contributed by atoms with van der Waals surface area (Å²) in [6, 6.07) is 6.44. The zero-order valence-corrected chi connectivity index (χ0v) is 16.0. The Balaban J connectivity index is 2.06. The number of carbonyl (C=O) groups is 1. The lowest BCUT2D eigenvalue weighted by Gasteiger charge is -2.31. The first-order valence-electron chi connectivity index (χ1n) is 8.85. The molecule has 1 saturated heterocycles. The predicted molar refractivity (Wildman–Crippen MR) is 96.9 cm³/mol. The maximum atomic E-state index is 12.8. The number of rotatable bonds is 7. The molecule has 0 aromatic heterocycles. The Kier molecular flexibility index (Phi) is 6.84. The number of sulfonamides is 1. The highest BCUT2D eigenvalue weighted by molar-refractivity contribution is 7.89. The van der Waals surface area contributed by atoms with Crippen LogP contribution in [-0.4, -0.2) is 44.9 Å². The third-order valence-electron chi connectivity index (χ3n) is 4.21. The van der Waals surface area contributed by atoms with E-state index in [1.165, 1.54) is 4.31 Å². The average molecular weight is 368 g/mol. The molecular formula is C18H28N2O4S. The topological polar surface area (TPSA) is 75.7 Å². The van der Waals surface area contributed by atoms with E-state index in [0.29, 0.717) is 37.8 Å². The number of nitrogens with one attached hydrogen (secondary N) is 1. The van der Waals surface area contributed by atoms with Gasteiger partial charge in [0.15, 0.2) is 0 Å². The van der Waals surface area contributed by atoms with Gasteiger partial charge in [-0.2, -0.15) is 4.31 Å². The van der Waals surface area contributed by atoms with Gasteiger partial charge in [-0.3, -0.25) is 4.79 Å². The Morgan fingerprint density at radius 3 is 2.60 bits per heavy atom. The van der Waals surface area contributed by atoms with E-state index in [-0.39, 0.29) is 23.3 Å². The fourth-order valence-electron chi connectivity index (χ4n) is 2.85. The summed E-state index contributed by atoms with van der Waals surface area (Å²) in [6.07, 6.45) is 1.41. The lowest BCUT2D eigenvalue weighted by Crippen LogP contribution is -2.45. The number of hydrogen-bond donors (Lipinski definition) is 1. The van der Waals surface area contributed by atoms with Gasteiger partial charge in [0.05, 0.1) is 17.4 Å². The van der Waals surface area contributed by atoms with Crippen LogP contribution in [0.2, 0.25) is 0 Å². The Morgan fingerprint density at radius 1 is 1.32 bits per heavy atom. The quantitative estimate of drug-likeness (QED) is 0.801. The number of nitrogens with zero attached hydrogens (tertiary/aromatic N) is 1. The van der Waals surface area contributed by atoms with Crippen molar-refractivity contribution < 1.29 is 17.9 Å². The highest BCUT2D eigenvalue weighted by Gasteiger charge is 2.33. The van der Waals surface area contributed by atoms with Gasteiger partial charge in [-0.05, 0) is 49.9 Å². The molecule has 1 aliphatic rings. The van der Waals surface area contributed by atoms with Gasteiger partial charge in [-0.15, -0.1) is 0 Å². The van der Waals surface area contributed by atoms with Crippen LogP contribution in [0.4, 0.5) is 0 Å². The second-order valence-electron chi connectivity index (χ2n) is 6.75. The molecule has 0 aliphatic carbocycles. The van der Waals surface area contributed by atoms with Crippen LogP contribution in [0.25, 0.3) is 0 Å². The molecule has 0 spiro atoms. The van der Waals surface area contributed by atoms with E-state index >= 15 is 0 Å². The molecule has 1 aliphatic heterocycles. The molecule has 0 saturated carbocycles. The lowest BCUT2D eigenvalue weighted by atomic mass is 9.98. The molecule has 1 atom stereocenters. The first-order valence-corrected chi connectivity index (χ1v) is 10.3. The minimum Gasteiger partial charge on any atom is -0.494 e. The highest BCUT2D eigenvalue weighted by Crippen LogP contribution is 2.25. The molecule has 1 N–H and O–H groups in total. The van der Waals surface area contributed by atoms with Crippen molar-refractivity contribution in [1.82, 2.24) is 9.62 Å². The molecule has 1 aromatic carbocycles. The van der Waals surface area contributed by atoms with E-state index in [1.54, 1.807) is 24.3 Å². The van der Waals surface area contributed by atoms with E-state index in [2.05, 4.69) is 5.32 Å². The van der Waals surface area contributed by atoms with Crippen molar-refractivity contribution in [2.45, 2.75) is 38.5 Å². The van der Waals surface area contributed by atoms with E-state index in [4.69, 9.17) is 4.74 Å². The summed E-state index contributed by atoms with van der Waals surface area (Å²) in [6.45, 7) is 7.77. The van der Waals surface area contributed by atoms with Crippen molar-refractivity contribution in [3.8, 4) is 5.75 Å². The number of hydrogen-bond acceptors (Lipinski definition) is 4. The maximum absolute atomic E-state index is 12.8. The fraction of sp³-hybridized carbons (Fsp3) is 0.611. The first kappa shape index (κ1) is 19.7. The molecule has 1 heterocycles. The van der Waals surface area contributed by atoms with E-state index < -0.39 is 10.0 Å². The summed E-state index contributed by atoms with van der Waals surface area (Å²) in [5.41, 5.74) is 0. The lowest BCUT2D eigenvalue weighted by molar-refractivity contribution is -0.126. The number of piperidine rings is 1. The third-order valence-corrected chi connectivity index (χ3v) is 6.09. The molecule has 7 heteroatoms. The first-order chi connectivity index (χ1) is 11.8. The number of carbonyl (C=O) groups excluding carboxylic acids is 1. The normalized spacial score (nSPS) is 19.0. The Labute approximate surface area is 150 Å². The van der Waals surface area contributed by atoms with E-state index in [0.717, 1.165) is 6.42 Å². The maximum Gasteiger partial charge on any atom is 0.243 e. The van der Waals surface area contributed by atoms with Gasteiger partial charge < -0.3 is 10.1 Å². The van der Waals surface area contributed by atoms with Gasteiger partial charge in [0.2, 0.25) is 15.9 Å². The number of ether oxygens (including phenoxy) is 1. The van der Waals surface area contributed by atoms with Crippen molar-refractivity contribution in [1.29, 1.82) is 0 Å². The number of benzene rings is 1. The second kappa shape index (κ2) is 8.67. The highest BCUT2D eigenvalue weighted by atomic mass is 32.2. The van der Waals surface area contributed by atoms with Crippen LogP contribution in [0, 0.1) is 11.8 Å². The van der Waals surface area contributed by atoms with Crippen LogP contribution in [0.15, 0.2) is 29.2 Å². The molecule has 0 radical (unpaired) electrons. The van der Waals surface area contributed by atoms with Gasteiger partial charge in [0.1, 0.15) is 5.75 Å². The SMILES string of the molecule is CCOc1ccc(S(=O)(=O)N2CCC[C@@H](C(=O)NCC(C)C)C2)cc1. The second-order valence-corrected chi connectivity index (χ2v) is 8.68. The summed E-state index contributed by atoms with van der Waals surface area (Å²) in [7, 11) is -3.59. The largest absolute Gasteiger partial charge is 0.494 e. The van der Waals surface area contributed by atoms with E-state index in [9.17, 15) is 13.2 Å². The minimum atomic E-state index is -3.59. The molecular weight excluding hydrogens is 340 g/mol. The van der Waals surface area contributed by atoms with Crippen LogP contribution in [0.1, 0.15) is 33.6 Å². The van der Waals surface area contributed by atoms with Crippen LogP contribution in [0.5, 0.6) is 5.75 Å². The summed E-state index contributed by atoms with van der Waals surface area (Å²) in [4.78, 5) is 12.5. The summed E-state index contributed by atoms with van der Waals surface area (Å²) < 4.78 is 32.5. The average Bonchev–Trinajstić information content (AvgIpc) is 2.60. The van der Waals surface area contributed by atoms with Crippen molar-refractivity contribution >= 4 is 15.9 Å². The molecule has 2 rings (SSSR count). The van der Waals surface area contributed by atoms with Crippen molar-refractivity contribution in [2.24, 2.45) is 11.8 Å². The zero-order chi connectivity index (χ0) is 18.4. The standard InChI is InChI=1S/C18H28N2O4S/c1-4-24-16-7-9-17(10-8-16)25(22,23)20-11-5-6-15(13-20)18(21)19-12-14(2)3/h7-10,14-15H,4-6,11-13H2,1-3H3,(H,19,21)/t15-/m1/s1. The van der Waals surface area contributed by atoms with Crippen LogP contribution < -0.4 is 10.1 Å². The molecule has 6 nitrogen and oxygen atoms in total. The summed E-state index contributed by atoms with van der Waals surface area (Å²) in [5.74, 6) is 0.674. The van der Waals surface area contributed by atoms with Crippen molar-refractivity contribution in [3.05, 3.63) is 24.3 Å². The van der Waals surface area contributed by atoms with Gasteiger partial charge in [0.25, 0.3) is 0 Å². The van der Waals surface area contributed by atoms with Gasteiger partial charge in [-0.1, -0.05) is 13.8 Å². The Hall–Kier alpha value is -1.60. The molecule has 1 aromatic rings. The number of amides is 1. The monoisotopic (exact) mass is 368 g/mol. The fourth-order valence-corrected chi connectivity index (χ4v) is 4.37. The summed E-state index contributed by atoms with van der Waals surface area (Å²) in [5, 5.41) is 2.91.